The third-order valence-electron chi connectivity index (χ3n) is 4.48. The number of fused-ring (bicyclic) bond motifs is 1. The molecule has 2 aromatic rings. The maximum atomic E-state index is 13.5. The van der Waals surface area contributed by atoms with Crippen LogP contribution < -0.4 is 20.4 Å². The average Bonchev–Trinajstić information content (AvgIpc) is 3.17. The van der Waals surface area contributed by atoms with Crippen molar-refractivity contribution in [2.24, 2.45) is 5.10 Å². The minimum atomic E-state index is -0.765. The van der Waals surface area contributed by atoms with Crippen molar-refractivity contribution in [1.29, 1.82) is 0 Å². The van der Waals surface area contributed by atoms with Gasteiger partial charge in [0.2, 0.25) is 12.1 Å². The molecule has 0 bridgehead atoms. The number of methoxy groups -OCH3 is 1. The molecule has 2 aliphatic heterocycles. The quantitative estimate of drug-likeness (QED) is 0.711. The molecule has 0 radical (unpaired) electrons. The van der Waals surface area contributed by atoms with Gasteiger partial charge < -0.3 is 10.1 Å². The number of nitrogens with zero attached hydrogens (tertiary/aromatic N) is 3. The van der Waals surface area contributed by atoms with E-state index in [9.17, 15) is 14.0 Å². The van der Waals surface area contributed by atoms with Crippen molar-refractivity contribution < 1.29 is 18.7 Å². The average molecular weight is 462 g/mol. The molecule has 2 amide bonds. The van der Waals surface area contributed by atoms with Crippen molar-refractivity contribution in [3.8, 4) is 5.75 Å². The van der Waals surface area contributed by atoms with E-state index in [0.29, 0.717) is 27.3 Å². The molecular weight excluding hydrogens is 445 g/mol. The van der Waals surface area contributed by atoms with Gasteiger partial charge in [-0.25, -0.2) is 4.39 Å². The molecule has 0 aliphatic carbocycles. The van der Waals surface area contributed by atoms with Crippen LogP contribution in [0.2, 0.25) is 5.02 Å². The molecule has 0 saturated carbocycles. The molecule has 2 heterocycles. The van der Waals surface area contributed by atoms with Crippen LogP contribution >= 0.6 is 23.4 Å². The van der Waals surface area contributed by atoms with Crippen LogP contribution in [0, 0.1) is 5.82 Å². The molecule has 160 valence electrons. The zero-order chi connectivity index (χ0) is 22.0. The number of thioether (sulfide) groups is 1. The van der Waals surface area contributed by atoms with Crippen LogP contribution in [0.5, 0.6) is 5.75 Å². The molecule has 2 aromatic carbocycles. The van der Waals surface area contributed by atoms with Gasteiger partial charge in [0.25, 0.3) is 5.91 Å². The van der Waals surface area contributed by atoms with Crippen molar-refractivity contribution in [1.82, 2.24) is 10.3 Å². The third kappa shape index (κ3) is 4.44. The van der Waals surface area contributed by atoms with E-state index in [1.807, 2.05) is 0 Å². The number of rotatable bonds is 5. The van der Waals surface area contributed by atoms with Crippen molar-refractivity contribution in [3.05, 3.63) is 65.7 Å². The summed E-state index contributed by atoms with van der Waals surface area (Å²) in [5.41, 5.74) is 3.72. The molecule has 1 atom stereocenters. The van der Waals surface area contributed by atoms with Gasteiger partial charge in [0, 0.05) is 18.1 Å². The highest BCUT2D eigenvalue weighted by atomic mass is 35.5. The van der Waals surface area contributed by atoms with Crippen LogP contribution in [-0.4, -0.2) is 40.9 Å². The fourth-order valence-corrected chi connectivity index (χ4v) is 4.05. The fraction of sp³-hybridized carbons (Fsp3) is 0.150. The molecule has 31 heavy (non-hydrogen) atoms. The largest absolute Gasteiger partial charge is 0.495 e. The van der Waals surface area contributed by atoms with Crippen molar-refractivity contribution in [2.45, 2.75) is 6.17 Å². The summed E-state index contributed by atoms with van der Waals surface area (Å²) in [5, 5.41) is 7.77. The molecule has 1 unspecified atom stereocenters. The lowest BCUT2D eigenvalue weighted by atomic mass is 10.2. The van der Waals surface area contributed by atoms with E-state index < -0.39 is 12.0 Å². The number of carbonyl (C=O) groups is 2. The van der Waals surface area contributed by atoms with Gasteiger partial charge in [0.05, 0.1) is 23.6 Å². The minimum absolute atomic E-state index is 0.0724. The maximum absolute atomic E-state index is 13.5. The Morgan fingerprint density at radius 1 is 1.32 bits per heavy atom. The summed E-state index contributed by atoms with van der Waals surface area (Å²) in [4.78, 5) is 28.1. The molecule has 0 spiro atoms. The predicted octanol–water partition coefficient (Wildman–Crippen LogP) is 3.18. The first-order valence-electron chi connectivity index (χ1n) is 9.11. The summed E-state index contributed by atoms with van der Waals surface area (Å²) in [7, 11) is 1.51. The summed E-state index contributed by atoms with van der Waals surface area (Å²) in [6.45, 7) is 0. The second-order valence-electron chi connectivity index (χ2n) is 6.51. The number of ether oxygens (including phenoxy) is 1. The number of anilines is 2. The molecule has 0 aromatic heterocycles. The Hall–Kier alpha value is -3.24. The van der Waals surface area contributed by atoms with Gasteiger partial charge in [-0.3, -0.25) is 24.8 Å². The summed E-state index contributed by atoms with van der Waals surface area (Å²) < 4.78 is 18.6. The first-order valence-corrected chi connectivity index (χ1v) is 10.5. The fourth-order valence-electron chi connectivity index (χ4n) is 3.03. The number of hydrogen-bond acceptors (Lipinski definition) is 7. The Morgan fingerprint density at radius 3 is 2.90 bits per heavy atom. The summed E-state index contributed by atoms with van der Waals surface area (Å²) >= 11 is 7.24. The SMILES string of the molecule is COc1ccc(NC(=O)CSC2=NNC3C(=O)N(c4cccc(F)c4)C=CN23)cc1Cl. The third-order valence-corrected chi connectivity index (χ3v) is 5.75. The van der Waals surface area contributed by atoms with E-state index in [2.05, 4.69) is 15.8 Å². The zero-order valence-corrected chi connectivity index (χ0v) is 17.8. The summed E-state index contributed by atoms with van der Waals surface area (Å²) in [6.07, 6.45) is 2.43. The molecule has 0 fully saturated rings. The minimum Gasteiger partial charge on any atom is -0.495 e. The number of carbonyl (C=O) groups excluding carboxylic acids is 2. The summed E-state index contributed by atoms with van der Waals surface area (Å²) in [6, 6.07) is 10.7. The van der Waals surface area contributed by atoms with Gasteiger partial charge in [0.15, 0.2) is 5.17 Å². The Kier molecular flexibility index (Phi) is 6.01. The van der Waals surface area contributed by atoms with Gasteiger partial charge in [-0.15, -0.1) is 0 Å². The maximum Gasteiger partial charge on any atom is 0.276 e. The van der Waals surface area contributed by atoms with Gasteiger partial charge >= 0.3 is 0 Å². The number of benzene rings is 2. The normalized spacial score (nSPS) is 17.2. The molecule has 2 N–H and O–H groups in total. The predicted molar refractivity (Wildman–Crippen MR) is 118 cm³/mol. The Morgan fingerprint density at radius 2 is 2.16 bits per heavy atom. The number of hydrazone groups is 1. The topological polar surface area (TPSA) is 86.3 Å². The highest BCUT2D eigenvalue weighted by Crippen LogP contribution is 2.28. The van der Waals surface area contributed by atoms with Gasteiger partial charge in [-0.2, -0.15) is 5.10 Å². The lowest BCUT2D eigenvalue weighted by Crippen LogP contribution is -2.52. The van der Waals surface area contributed by atoms with Crippen LogP contribution in [0.15, 0.2) is 60.0 Å². The molecule has 4 rings (SSSR count). The Bertz CT molecular complexity index is 1100. The lowest BCUT2D eigenvalue weighted by molar-refractivity contribution is -0.122. The standard InChI is InChI=1S/C20H17ClFN5O3S/c1-30-16-6-5-13(10-15(16)21)23-17(28)11-31-20-25-24-18-19(29)26(7-8-27(18)20)14-4-2-3-12(22)9-14/h2-10,18,24H,11H2,1H3,(H,23,28). The highest BCUT2D eigenvalue weighted by Gasteiger charge is 2.38. The van der Waals surface area contributed by atoms with Crippen LogP contribution in [0.3, 0.4) is 0 Å². The van der Waals surface area contributed by atoms with Crippen molar-refractivity contribution in [2.75, 3.05) is 23.1 Å². The number of amides is 2. The number of amidine groups is 1. The highest BCUT2D eigenvalue weighted by molar-refractivity contribution is 8.14. The zero-order valence-electron chi connectivity index (χ0n) is 16.2. The van der Waals surface area contributed by atoms with Crippen LogP contribution in [0.1, 0.15) is 0 Å². The van der Waals surface area contributed by atoms with Crippen LogP contribution in [0.4, 0.5) is 15.8 Å². The molecule has 2 aliphatic rings. The molecular formula is C20H17ClFN5O3S. The van der Waals surface area contributed by atoms with Gasteiger partial charge in [-0.05, 0) is 36.4 Å². The molecule has 8 nitrogen and oxygen atoms in total. The second-order valence-corrected chi connectivity index (χ2v) is 7.86. The van der Waals surface area contributed by atoms with Crippen molar-refractivity contribution in [3.63, 3.8) is 0 Å². The Balaban J connectivity index is 1.37. The molecule has 0 saturated heterocycles. The van der Waals surface area contributed by atoms with E-state index in [1.54, 1.807) is 35.4 Å². The number of nitrogens with one attached hydrogen (secondary N) is 2. The van der Waals surface area contributed by atoms with Crippen LogP contribution in [-0.2, 0) is 9.59 Å². The van der Waals surface area contributed by atoms with E-state index in [4.69, 9.17) is 16.3 Å². The first kappa shape index (κ1) is 21.0. The van der Waals surface area contributed by atoms with E-state index in [-0.39, 0.29) is 17.6 Å². The molecule has 11 heteroatoms. The smallest absolute Gasteiger partial charge is 0.276 e. The number of hydrogen-bond donors (Lipinski definition) is 2. The Labute approximate surface area is 186 Å². The van der Waals surface area contributed by atoms with E-state index in [0.717, 1.165) is 0 Å². The van der Waals surface area contributed by atoms with Gasteiger partial charge in [-0.1, -0.05) is 29.4 Å². The lowest BCUT2D eigenvalue weighted by Gasteiger charge is -2.31. The van der Waals surface area contributed by atoms with E-state index in [1.165, 1.54) is 48.2 Å². The summed E-state index contributed by atoms with van der Waals surface area (Å²) in [5.74, 6) is -0.420. The monoisotopic (exact) mass is 461 g/mol. The van der Waals surface area contributed by atoms with Crippen LogP contribution in [0.25, 0.3) is 0 Å². The van der Waals surface area contributed by atoms with E-state index >= 15 is 0 Å². The van der Waals surface area contributed by atoms with Crippen molar-refractivity contribution >= 4 is 51.7 Å². The second kappa shape index (κ2) is 8.86. The first-order chi connectivity index (χ1) is 15.0. The number of halogens is 2. The van der Waals surface area contributed by atoms with Gasteiger partial charge in [0.1, 0.15) is 11.6 Å².